The lowest BCUT2D eigenvalue weighted by Crippen LogP contribution is -2.43. The molecule has 0 atom stereocenters. The van der Waals surface area contributed by atoms with Crippen LogP contribution in [-0.2, 0) is 11.3 Å². The van der Waals surface area contributed by atoms with Crippen LogP contribution in [0, 0.1) is 11.7 Å². The molecule has 0 saturated carbocycles. The van der Waals surface area contributed by atoms with E-state index in [0.29, 0.717) is 43.6 Å². The molecular formula is C27H25FN2O3. The van der Waals surface area contributed by atoms with Crippen LogP contribution in [0.5, 0.6) is 0 Å². The molecule has 0 spiro atoms. The first-order valence-electron chi connectivity index (χ1n) is 11.0. The van der Waals surface area contributed by atoms with E-state index < -0.39 is 5.82 Å². The molecule has 0 radical (unpaired) electrons. The first-order valence-corrected chi connectivity index (χ1v) is 11.0. The highest BCUT2D eigenvalue weighted by molar-refractivity contribution is 6.15. The Morgan fingerprint density at radius 3 is 2.09 bits per heavy atom. The summed E-state index contributed by atoms with van der Waals surface area (Å²) < 4.78 is 13.2. The van der Waals surface area contributed by atoms with Crippen molar-refractivity contribution < 1.29 is 18.8 Å². The topological polar surface area (TPSA) is 66.5 Å². The van der Waals surface area contributed by atoms with Gasteiger partial charge in [0.05, 0.1) is 5.56 Å². The Morgan fingerprint density at radius 2 is 1.42 bits per heavy atom. The van der Waals surface area contributed by atoms with Gasteiger partial charge in [0.2, 0.25) is 5.91 Å². The summed E-state index contributed by atoms with van der Waals surface area (Å²) in [5.74, 6) is -1.13. The number of nitrogens with zero attached hydrogens (tertiary/aromatic N) is 1. The average molecular weight is 445 g/mol. The van der Waals surface area contributed by atoms with Gasteiger partial charge in [-0.2, -0.15) is 0 Å². The molecule has 1 saturated heterocycles. The predicted octanol–water partition coefficient (Wildman–Crippen LogP) is 4.23. The maximum absolute atomic E-state index is 13.2. The van der Waals surface area contributed by atoms with Crippen molar-refractivity contribution in [1.29, 1.82) is 0 Å². The Bertz CT molecular complexity index is 1140. The Labute approximate surface area is 192 Å². The Balaban J connectivity index is 1.38. The van der Waals surface area contributed by atoms with Crippen molar-refractivity contribution >= 4 is 17.6 Å². The number of benzene rings is 3. The lowest BCUT2D eigenvalue weighted by atomic mass is 9.93. The molecule has 5 nitrogen and oxygen atoms in total. The number of rotatable bonds is 6. The largest absolute Gasteiger partial charge is 0.352 e. The monoisotopic (exact) mass is 444 g/mol. The fraction of sp³-hybridized carbons (Fsp3) is 0.222. The van der Waals surface area contributed by atoms with Gasteiger partial charge in [-0.05, 0) is 48.7 Å². The summed E-state index contributed by atoms with van der Waals surface area (Å²) in [5.41, 5.74) is 1.97. The van der Waals surface area contributed by atoms with E-state index in [1.165, 1.54) is 24.3 Å². The van der Waals surface area contributed by atoms with E-state index in [1.54, 1.807) is 29.2 Å². The lowest BCUT2D eigenvalue weighted by molar-refractivity contribution is -0.126. The number of hydrogen-bond acceptors (Lipinski definition) is 3. The Hall–Kier alpha value is -3.80. The second kappa shape index (κ2) is 10.2. The van der Waals surface area contributed by atoms with E-state index in [2.05, 4.69) is 5.32 Å². The van der Waals surface area contributed by atoms with E-state index in [-0.39, 0.29) is 29.1 Å². The average Bonchev–Trinajstić information content (AvgIpc) is 2.87. The van der Waals surface area contributed by atoms with Crippen molar-refractivity contribution in [3.63, 3.8) is 0 Å². The van der Waals surface area contributed by atoms with Crippen LogP contribution < -0.4 is 5.32 Å². The van der Waals surface area contributed by atoms with E-state index in [1.807, 2.05) is 30.3 Å². The third kappa shape index (κ3) is 5.34. The molecule has 2 amide bonds. The van der Waals surface area contributed by atoms with E-state index in [9.17, 15) is 18.8 Å². The van der Waals surface area contributed by atoms with Crippen molar-refractivity contribution in [1.82, 2.24) is 10.2 Å². The Kier molecular flexibility index (Phi) is 6.93. The highest BCUT2D eigenvalue weighted by atomic mass is 19.1. The molecule has 3 aromatic carbocycles. The minimum atomic E-state index is -0.424. The highest BCUT2D eigenvalue weighted by Crippen LogP contribution is 2.22. The molecule has 168 valence electrons. The van der Waals surface area contributed by atoms with Crippen LogP contribution in [0.3, 0.4) is 0 Å². The van der Waals surface area contributed by atoms with E-state index in [0.717, 1.165) is 5.56 Å². The SMILES string of the molecule is O=C(c1ccc(F)cc1)c1ccccc1C(=O)N1CCC(C(=O)NCc2ccccc2)CC1. The second-order valence-corrected chi connectivity index (χ2v) is 8.15. The smallest absolute Gasteiger partial charge is 0.254 e. The van der Waals surface area contributed by atoms with Gasteiger partial charge in [-0.25, -0.2) is 4.39 Å². The van der Waals surface area contributed by atoms with Crippen molar-refractivity contribution in [3.05, 3.63) is 107 Å². The predicted molar refractivity (Wildman–Crippen MR) is 123 cm³/mol. The molecule has 0 aromatic heterocycles. The van der Waals surface area contributed by atoms with Gasteiger partial charge < -0.3 is 10.2 Å². The van der Waals surface area contributed by atoms with Gasteiger partial charge in [0.1, 0.15) is 5.82 Å². The van der Waals surface area contributed by atoms with Gasteiger partial charge in [0.25, 0.3) is 5.91 Å². The summed E-state index contributed by atoms with van der Waals surface area (Å²) in [6, 6.07) is 21.7. The number of ketones is 1. The number of carbonyl (C=O) groups is 3. The molecule has 0 aliphatic carbocycles. The number of hydrogen-bond donors (Lipinski definition) is 1. The van der Waals surface area contributed by atoms with Crippen LogP contribution in [0.2, 0.25) is 0 Å². The van der Waals surface area contributed by atoms with Gasteiger partial charge in [-0.3, -0.25) is 14.4 Å². The summed E-state index contributed by atoms with van der Waals surface area (Å²) in [6.45, 7) is 1.38. The van der Waals surface area contributed by atoms with Crippen LogP contribution in [0.1, 0.15) is 44.7 Å². The molecule has 1 fully saturated rings. The molecule has 3 aromatic rings. The third-order valence-electron chi connectivity index (χ3n) is 5.97. The first kappa shape index (κ1) is 22.4. The number of likely N-dealkylation sites (tertiary alicyclic amines) is 1. The summed E-state index contributed by atoms with van der Waals surface area (Å²) in [7, 11) is 0. The number of carbonyl (C=O) groups excluding carboxylic acids is 3. The standard InChI is InChI=1S/C27H25FN2O3/c28-22-12-10-20(11-13-22)25(31)23-8-4-5-9-24(23)27(33)30-16-14-21(15-17-30)26(32)29-18-19-6-2-1-3-7-19/h1-13,21H,14-18H2,(H,29,32). The third-order valence-corrected chi connectivity index (χ3v) is 5.97. The summed E-state index contributed by atoms with van der Waals surface area (Å²) in [6.07, 6.45) is 1.14. The van der Waals surface area contributed by atoms with E-state index >= 15 is 0 Å². The number of nitrogens with one attached hydrogen (secondary N) is 1. The van der Waals surface area contributed by atoms with Crippen LogP contribution in [0.15, 0.2) is 78.9 Å². The molecule has 4 rings (SSSR count). The van der Waals surface area contributed by atoms with Gasteiger partial charge in [-0.1, -0.05) is 48.5 Å². The van der Waals surface area contributed by atoms with Gasteiger partial charge in [-0.15, -0.1) is 0 Å². The van der Waals surface area contributed by atoms with E-state index in [4.69, 9.17) is 0 Å². The molecule has 0 bridgehead atoms. The van der Waals surface area contributed by atoms with Gasteiger partial charge >= 0.3 is 0 Å². The van der Waals surface area contributed by atoms with Crippen molar-refractivity contribution in [2.24, 2.45) is 5.92 Å². The lowest BCUT2D eigenvalue weighted by Gasteiger charge is -2.31. The van der Waals surface area contributed by atoms with Gasteiger partial charge in [0.15, 0.2) is 5.78 Å². The zero-order chi connectivity index (χ0) is 23.2. The maximum atomic E-state index is 13.2. The molecule has 1 aliphatic heterocycles. The molecule has 33 heavy (non-hydrogen) atoms. The van der Waals surface area contributed by atoms with Crippen molar-refractivity contribution in [3.8, 4) is 0 Å². The molecule has 6 heteroatoms. The Morgan fingerprint density at radius 1 is 0.818 bits per heavy atom. The number of amides is 2. The first-order chi connectivity index (χ1) is 16.0. The fourth-order valence-electron chi connectivity index (χ4n) is 4.07. The number of piperidine rings is 1. The molecule has 0 unspecified atom stereocenters. The zero-order valence-electron chi connectivity index (χ0n) is 18.2. The minimum Gasteiger partial charge on any atom is -0.352 e. The summed E-state index contributed by atoms with van der Waals surface area (Å²) in [5, 5.41) is 2.98. The van der Waals surface area contributed by atoms with Crippen molar-refractivity contribution in [2.75, 3.05) is 13.1 Å². The highest BCUT2D eigenvalue weighted by Gasteiger charge is 2.29. The minimum absolute atomic E-state index is 0.00200. The zero-order valence-corrected chi connectivity index (χ0v) is 18.2. The van der Waals surface area contributed by atoms with Gasteiger partial charge in [0, 0.05) is 36.7 Å². The van der Waals surface area contributed by atoms with Crippen LogP contribution in [0.4, 0.5) is 4.39 Å². The van der Waals surface area contributed by atoms with Crippen LogP contribution >= 0.6 is 0 Å². The van der Waals surface area contributed by atoms with Crippen LogP contribution in [-0.4, -0.2) is 35.6 Å². The quantitative estimate of drug-likeness (QED) is 0.579. The fourth-order valence-corrected chi connectivity index (χ4v) is 4.07. The molecule has 1 heterocycles. The maximum Gasteiger partial charge on any atom is 0.254 e. The van der Waals surface area contributed by atoms with Crippen LogP contribution in [0.25, 0.3) is 0 Å². The molecule has 1 aliphatic rings. The second-order valence-electron chi connectivity index (χ2n) is 8.15. The number of halogens is 1. The summed E-state index contributed by atoms with van der Waals surface area (Å²) >= 11 is 0. The summed E-state index contributed by atoms with van der Waals surface area (Å²) in [4.78, 5) is 40.4. The molecular weight excluding hydrogens is 419 g/mol. The molecule has 1 N–H and O–H groups in total. The van der Waals surface area contributed by atoms with Crippen molar-refractivity contribution in [2.45, 2.75) is 19.4 Å². The normalized spacial score (nSPS) is 14.0.